The van der Waals surface area contributed by atoms with Gasteiger partial charge in [0.1, 0.15) is 5.25 Å². The first-order chi connectivity index (χ1) is 14.2. The van der Waals surface area contributed by atoms with E-state index < -0.39 is 5.25 Å². The number of nitrogens with zero attached hydrogens (tertiary/aromatic N) is 2. The highest BCUT2D eigenvalue weighted by atomic mass is 32.2. The highest BCUT2D eigenvalue weighted by Crippen LogP contribution is 2.33. The maximum atomic E-state index is 13.1. The predicted molar refractivity (Wildman–Crippen MR) is 125 cm³/mol. The first-order valence-electron chi connectivity index (χ1n) is 10.2. The fraction of sp³-hybridized carbons (Fsp3) is 0.375. The Morgan fingerprint density at radius 2 is 1.73 bits per heavy atom. The molecule has 1 aliphatic rings. The van der Waals surface area contributed by atoms with Gasteiger partial charge >= 0.3 is 0 Å². The fourth-order valence-electron chi connectivity index (χ4n) is 3.36. The summed E-state index contributed by atoms with van der Waals surface area (Å²) in [6.07, 6.45) is 0.124. The summed E-state index contributed by atoms with van der Waals surface area (Å²) >= 11 is 1.38. The van der Waals surface area contributed by atoms with E-state index in [1.54, 1.807) is 4.90 Å². The average molecular weight is 424 g/mol. The SMILES string of the molecule is Cc1ccc(N=C2S[C@H](CC(=O)Nc3c(C)cccc3C)C(=O)N2CC(C)C)cc1. The number of amides is 2. The van der Waals surface area contributed by atoms with Gasteiger partial charge in [-0.05, 0) is 49.9 Å². The number of hydrogen-bond donors (Lipinski definition) is 1. The zero-order chi connectivity index (χ0) is 21.8. The minimum absolute atomic E-state index is 0.0452. The Labute approximate surface area is 183 Å². The number of thioether (sulfide) groups is 1. The lowest BCUT2D eigenvalue weighted by molar-refractivity contribution is -0.128. The van der Waals surface area contributed by atoms with E-state index in [1.807, 2.05) is 63.2 Å². The predicted octanol–water partition coefficient (Wildman–Crippen LogP) is 5.23. The van der Waals surface area contributed by atoms with Crippen molar-refractivity contribution in [2.75, 3.05) is 11.9 Å². The van der Waals surface area contributed by atoms with E-state index in [0.29, 0.717) is 17.6 Å². The number of aliphatic imine (C=N–C) groups is 1. The van der Waals surface area contributed by atoms with Gasteiger partial charge in [0.25, 0.3) is 0 Å². The van der Waals surface area contributed by atoms with Crippen molar-refractivity contribution in [1.82, 2.24) is 4.90 Å². The van der Waals surface area contributed by atoms with E-state index >= 15 is 0 Å². The number of amidine groups is 1. The van der Waals surface area contributed by atoms with E-state index in [4.69, 9.17) is 4.99 Å². The third kappa shape index (κ3) is 5.30. The molecule has 158 valence electrons. The van der Waals surface area contributed by atoms with Gasteiger partial charge in [0.2, 0.25) is 11.8 Å². The van der Waals surface area contributed by atoms with Crippen LogP contribution in [0.15, 0.2) is 47.5 Å². The summed E-state index contributed by atoms with van der Waals surface area (Å²) in [5.41, 5.74) is 4.82. The highest BCUT2D eigenvalue weighted by Gasteiger charge is 2.39. The van der Waals surface area contributed by atoms with Crippen molar-refractivity contribution in [1.29, 1.82) is 0 Å². The van der Waals surface area contributed by atoms with Crippen LogP contribution in [0.25, 0.3) is 0 Å². The molecule has 1 N–H and O–H groups in total. The normalized spacial score (nSPS) is 17.8. The lowest BCUT2D eigenvalue weighted by atomic mass is 10.1. The van der Waals surface area contributed by atoms with Gasteiger partial charge in [-0.2, -0.15) is 0 Å². The molecule has 1 fully saturated rings. The third-order valence-electron chi connectivity index (χ3n) is 4.94. The molecule has 30 heavy (non-hydrogen) atoms. The summed E-state index contributed by atoms with van der Waals surface area (Å²) in [5, 5.41) is 3.20. The number of rotatable bonds is 6. The highest BCUT2D eigenvalue weighted by molar-refractivity contribution is 8.15. The Hall–Kier alpha value is -2.60. The lowest BCUT2D eigenvalue weighted by Crippen LogP contribution is -2.36. The molecule has 0 radical (unpaired) electrons. The molecule has 0 saturated carbocycles. The van der Waals surface area contributed by atoms with Crippen molar-refractivity contribution in [3.8, 4) is 0 Å². The molecule has 2 aromatic carbocycles. The van der Waals surface area contributed by atoms with Gasteiger partial charge < -0.3 is 5.32 Å². The van der Waals surface area contributed by atoms with Gasteiger partial charge in [0.05, 0.1) is 5.69 Å². The average Bonchev–Trinajstić information content (AvgIpc) is 2.95. The van der Waals surface area contributed by atoms with Gasteiger partial charge in [0, 0.05) is 18.7 Å². The van der Waals surface area contributed by atoms with E-state index in [9.17, 15) is 9.59 Å². The zero-order valence-electron chi connectivity index (χ0n) is 18.2. The fourth-order valence-corrected chi connectivity index (χ4v) is 4.53. The largest absolute Gasteiger partial charge is 0.326 e. The molecule has 5 nitrogen and oxygen atoms in total. The molecule has 1 saturated heterocycles. The Morgan fingerprint density at radius 1 is 1.10 bits per heavy atom. The Bertz CT molecular complexity index is 947. The summed E-state index contributed by atoms with van der Waals surface area (Å²) in [5.74, 6) is 0.107. The second-order valence-electron chi connectivity index (χ2n) is 8.20. The molecule has 0 spiro atoms. The van der Waals surface area contributed by atoms with E-state index in [2.05, 4.69) is 19.2 Å². The number of carbonyl (C=O) groups excluding carboxylic acids is 2. The molecular weight excluding hydrogens is 394 g/mol. The molecule has 0 bridgehead atoms. The molecule has 0 aliphatic carbocycles. The number of nitrogens with one attached hydrogen (secondary N) is 1. The van der Waals surface area contributed by atoms with Gasteiger partial charge in [-0.3, -0.25) is 14.5 Å². The van der Waals surface area contributed by atoms with Crippen molar-refractivity contribution >= 4 is 40.1 Å². The van der Waals surface area contributed by atoms with E-state index in [0.717, 1.165) is 28.1 Å². The number of aryl methyl sites for hydroxylation is 3. The van der Waals surface area contributed by atoms with Crippen LogP contribution in [0, 0.1) is 26.7 Å². The Balaban J connectivity index is 1.77. The van der Waals surface area contributed by atoms with Crippen molar-refractivity contribution in [3.05, 3.63) is 59.2 Å². The molecule has 1 aliphatic heterocycles. The summed E-state index contributed by atoms with van der Waals surface area (Å²) in [7, 11) is 0. The summed E-state index contributed by atoms with van der Waals surface area (Å²) in [4.78, 5) is 32.2. The van der Waals surface area contributed by atoms with Gasteiger partial charge in [-0.15, -0.1) is 0 Å². The van der Waals surface area contributed by atoms with Crippen molar-refractivity contribution < 1.29 is 9.59 Å². The molecule has 0 unspecified atom stereocenters. The van der Waals surface area contributed by atoms with Crippen LogP contribution in [-0.2, 0) is 9.59 Å². The quantitative estimate of drug-likeness (QED) is 0.692. The second-order valence-corrected chi connectivity index (χ2v) is 9.37. The van der Waals surface area contributed by atoms with Crippen molar-refractivity contribution in [2.45, 2.75) is 46.3 Å². The van der Waals surface area contributed by atoms with Crippen LogP contribution in [0.3, 0.4) is 0 Å². The number of carbonyl (C=O) groups is 2. The molecule has 2 amide bonds. The van der Waals surface area contributed by atoms with Crippen LogP contribution >= 0.6 is 11.8 Å². The maximum Gasteiger partial charge on any atom is 0.242 e. The van der Waals surface area contributed by atoms with E-state index in [1.165, 1.54) is 11.8 Å². The minimum atomic E-state index is -0.461. The molecule has 2 aromatic rings. The Morgan fingerprint density at radius 3 is 2.33 bits per heavy atom. The smallest absolute Gasteiger partial charge is 0.242 e. The van der Waals surface area contributed by atoms with Crippen LogP contribution in [0.5, 0.6) is 0 Å². The van der Waals surface area contributed by atoms with Crippen LogP contribution in [-0.4, -0.2) is 33.7 Å². The van der Waals surface area contributed by atoms with Gasteiger partial charge in [-0.1, -0.05) is 61.5 Å². The lowest BCUT2D eigenvalue weighted by Gasteiger charge is -2.18. The Kier molecular flexibility index (Phi) is 6.98. The molecule has 1 heterocycles. The number of hydrogen-bond acceptors (Lipinski definition) is 4. The topological polar surface area (TPSA) is 61.8 Å². The van der Waals surface area contributed by atoms with Crippen molar-refractivity contribution in [2.24, 2.45) is 10.9 Å². The van der Waals surface area contributed by atoms with Crippen LogP contribution < -0.4 is 5.32 Å². The molecule has 6 heteroatoms. The summed E-state index contributed by atoms with van der Waals surface area (Å²) in [6, 6.07) is 13.8. The first-order valence-corrected chi connectivity index (χ1v) is 11.1. The maximum absolute atomic E-state index is 13.1. The first kappa shape index (κ1) is 22.1. The number of para-hydroxylation sites is 1. The summed E-state index contributed by atoms with van der Waals surface area (Å²) < 4.78 is 0. The second kappa shape index (κ2) is 9.47. The summed E-state index contributed by atoms with van der Waals surface area (Å²) in [6.45, 7) is 10.7. The monoisotopic (exact) mass is 423 g/mol. The standard InChI is InChI=1S/C24H29N3O2S/c1-15(2)14-27-23(29)20(30-24(27)25-19-11-9-16(3)10-12-19)13-21(28)26-22-17(4)7-6-8-18(22)5/h6-12,15,20H,13-14H2,1-5H3,(H,26,28)/t20-/m1/s1. The molecule has 0 aromatic heterocycles. The van der Waals surface area contributed by atoms with Crippen LogP contribution in [0.2, 0.25) is 0 Å². The molecule has 3 rings (SSSR count). The van der Waals surface area contributed by atoms with E-state index in [-0.39, 0.29) is 18.2 Å². The van der Waals surface area contributed by atoms with Gasteiger partial charge in [-0.25, -0.2) is 4.99 Å². The number of anilines is 1. The third-order valence-corrected chi connectivity index (χ3v) is 6.12. The van der Waals surface area contributed by atoms with Gasteiger partial charge in [0.15, 0.2) is 5.17 Å². The minimum Gasteiger partial charge on any atom is -0.326 e. The van der Waals surface area contributed by atoms with Crippen molar-refractivity contribution in [3.63, 3.8) is 0 Å². The zero-order valence-corrected chi connectivity index (χ0v) is 19.0. The van der Waals surface area contributed by atoms with Crippen LogP contribution in [0.4, 0.5) is 11.4 Å². The molecule has 1 atom stereocenters. The number of benzene rings is 2. The molecular formula is C24H29N3O2S. The van der Waals surface area contributed by atoms with Crippen LogP contribution in [0.1, 0.15) is 37.0 Å².